The molecule has 0 radical (unpaired) electrons. The molecule has 1 atom stereocenters. The van der Waals surface area contributed by atoms with Crippen molar-refractivity contribution in [1.29, 1.82) is 0 Å². The fraction of sp³-hybridized carbons (Fsp3) is 0.350. The highest BCUT2D eigenvalue weighted by Gasteiger charge is 2.23. The van der Waals surface area contributed by atoms with Crippen molar-refractivity contribution in [3.63, 3.8) is 0 Å². The first-order valence-corrected chi connectivity index (χ1v) is 9.94. The van der Waals surface area contributed by atoms with Crippen LogP contribution in [0.15, 0.2) is 30.6 Å². The molecular formula is C20H20N4O2S. The topological polar surface area (TPSA) is 61.5 Å². The molecule has 1 aliphatic rings. The third-order valence-electron chi connectivity index (χ3n) is 5.09. The van der Waals surface area contributed by atoms with Gasteiger partial charge in [-0.05, 0) is 42.9 Å². The van der Waals surface area contributed by atoms with Gasteiger partial charge >= 0.3 is 0 Å². The van der Waals surface area contributed by atoms with Crippen molar-refractivity contribution in [2.75, 3.05) is 7.11 Å². The average Bonchev–Trinajstić information content (AvgIpc) is 3.26. The summed E-state index contributed by atoms with van der Waals surface area (Å²) in [5.74, 6) is 2.89. The maximum absolute atomic E-state index is 5.85. The minimum Gasteiger partial charge on any atom is -0.497 e. The zero-order valence-corrected chi connectivity index (χ0v) is 16.1. The highest BCUT2D eigenvalue weighted by Crippen LogP contribution is 2.38. The van der Waals surface area contributed by atoms with Gasteiger partial charge in [0.15, 0.2) is 11.5 Å². The summed E-state index contributed by atoms with van der Waals surface area (Å²) in [6, 6.07) is 7.54. The Morgan fingerprint density at radius 3 is 3.07 bits per heavy atom. The molecule has 0 amide bonds. The SMILES string of the molecule is COc1cccc(OCc2nc3c4c5c(sc4ncn3n2)CC(C)CC5)c1. The molecule has 0 fully saturated rings. The minimum atomic E-state index is 0.305. The normalized spacial score (nSPS) is 16.6. The van der Waals surface area contributed by atoms with Crippen LogP contribution < -0.4 is 9.47 Å². The zero-order valence-electron chi connectivity index (χ0n) is 15.3. The van der Waals surface area contributed by atoms with E-state index in [1.807, 2.05) is 24.3 Å². The Balaban J connectivity index is 1.48. The molecule has 0 spiro atoms. The first kappa shape index (κ1) is 16.5. The number of rotatable bonds is 4. The van der Waals surface area contributed by atoms with Crippen LogP contribution in [0.5, 0.6) is 11.5 Å². The van der Waals surface area contributed by atoms with Gasteiger partial charge in [-0.15, -0.1) is 16.4 Å². The van der Waals surface area contributed by atoms with Crippen molar-refractivity contribution >= 4 is 27.2 Å². The second kappa shape index (κ2) is 6.49. The molecule has 1 aromatic carbocycles. The van der Waals surface area contributed by atoms with Gasteiger partial charge in [0.25, 0.3) is 0 Å². The molecule has 0 bridgehead atoms. The third kappa shape index (κ3) is 2.92. The molecule has 6 nitrogen and oxygen atoms in total. The number of thiophene rings is 1. The lowest BCUT2D eigenvalue weighted by Crippen LogP contribution is -2.08. The summed E-state index contributed by atoms with van der Waals surface area (Å²) in [5.41, 5.74) is 2.30. The monoisotopic (exact) mass is 380 g/mol. The summed E-state index contributed by atoms with van der Waals surface area (Å²) in [6.45, 7) is 2.63. The van der Waals surface area contributed by atoms with Crippen LogP contribution in [0.1, 0.15) is 29.6 Å². The van der Waals surface area contributed by atoms with Gasteiger partial charge in [-0.1, -0.05) is 13.0 Å². The predicted molar refractivity (Wildman–Crippen MR) is 105 cm³/mol. The highest BCUT2D eigenvalue weighted by atomic mass is 32.1. The minimum absolute atomic E-state index is 0.305. The Kier molecular flexibility index (Phi) is 3.97. The van der Waals surface area contributed by atoms with E-state index < -0.39 is 0 Å². The number of methoxy groups -OCH3 is 1. The first-order chi connectivity index (χ1) is 13.2. The van der Waals surface area contributed by atoms with Gasteiger partial charge in [0.1, 0.15) is 29.3 Å². The maximum atomic E-state index is 5.85. The molecule has 0 aliphatic heterocycles. The number of ether oxygens (including phenoxy) is 2. The van der Waals surface area contributed by atoms with Crippen LogP contribution in [0.2, 0.25) is 0 Å². The summed E-state index contributed by atoms with van der Waals surface area (Å²) in [6.07, 6.45) is 5.22. The largest absolute Gasteiger partial charge is 0.497 e. The van der Waals surface area contributed by atoms with Gasteiger partial charge in [0.05, 0.1) is 12.5 Å². The molecule has 27 heavy (non-hydrogen) atoms. The van der Waals surface area contributed by atoms with Crippen LogP contribution in [0, 0.1) is 5.92 Å². The number of aromatic nitrogens is 4. The fourth-order valence-electron chi connectivity index (χ4n) is 3.68. The van der Waals surface area contributed by atoms with Crippen molar-refractivity contribution < 1.29 is 9.47 Å². The van der Waals surface area contributed by atoms with E-state index >= 15 is 0 Å². The summed E-state index contributed by atoms with van der Waals surface area (Å²) >= 11 is 1.80. The van der Waals surface area contributed by atoms with Crippen LogP contribution in [-0.4, -0.2) is 26.7 Å². The second-order valence-electron chi connectivity index (χ2n) is 7.04. The summed E-state index contributed by atoms with van der Waals surface area (Å²) in [4.78, 5) is 11.9. The number of benzene rings is 1. The van der Waals surface area contributed by atoms with Gasteiger partial charge in [-0.2, -0.15) is 0 Å². The molecule has 3 aromatic heterocycles. The third-order valence-corrected chi connectivity index (χ3v) is 6.25. The van der Waals surface area contributed by atoms with E-state index in [0.29, 0.717) is 12.4 Å². The molecule has 1 aliphatic carbocycles. The van der Waals surface area contributed by atoms with E-state index in [9.17, 15) is 0 Å². The fourth-order valence-corrected chi connectivity index (χ4v) is 5.03. The first-order valence-electron chi connectivity index (χ1n) is 9.12. The van der Waals surface area contributed by atoms with Gasteiger partial charge < -0.3 is 9.47 Å². The van der Waals surface area contributed by atoms with Gasteiger partial charge in [0, 0.05) is 10.9 Å². The lowest BCUT2D eigenvalue weighted by molar-refractivity contribution is 0.294. The molecule has 1 unspecified atom stereocenters. The molecular weight excluding hydrogens is 360 g/mol. The van der Waals surface area contributed by atoms with Gasteiger partial charge in [0.2, 0.25) is 0 Å². The lowest BCUT2D eigenvalue weighted by Gasteiger charge is -2.17. The average molecular weight is 380 g/mol. The van der Waals surface area contributed by atoms with Crippen molar-refractivity contribution in [2.45, 2.75) is 32.8 Å². The summed E-state index contributed by atoms with van der Waals surface area (Å²) in [7, 11) is 1.64. The van der Waals surface area contributed by atoms with Crippen LogP contribution in [-0.2, 0) is 19.4 Å². The number of nitrogens with zero attached hydrogens (tertiary/aromatic N) is 4. The van der Waals surface area contributed by atoms with E-state index in [4.69, 9.17) is 14.5 Å². The smallest absolute Gasteiger partial charge is 0.189 e. The van der Waals surface area contributed by atoms with E-state index in [-0.39, 0.29) is 0 Å². The van der Waals surface area contributed by atoms with E-state index in [0.717, 1.165) is 40.7 Å². The Morgan fingerprint density at radius 2 is 2.19 bits per heavy atom. The second-order valence-corrected chi connectivity index (χ2v) is 8.12. The highest BCUT2D eigenvalue weighted by molar-refractivity contribution is 7.19. The van der Waals surface area contributed by atoms with Crippen molar-refractivity contribution in [1.82, 2.24) is 19.6 Å². The van der Waals surface area contributed by atoms with E-state index in [2.05, 4.69) is 17.0 Å². The van der Waals surface area contributed by atoms with Crippen molar-refractivity contribution in [2.24, 2.45) is 5.92 Å². The summed E-state index contributed by atoms with van der Waals surface area (Å²) < 4.78 is 12.9. The number of aryl methyl sites for hydroxylation is 1. The Bertz CT molecular complexity index is 1130. The standard InChI is InChI=1S/C20H20N4O2S/c1-12-6-7-15-16(8-12)27-20-18(15)19-22-17(23-24(19)11-21-20)10-26-14-5-3-4-13(9-14)25-2/h3-5,9,11-12H,6-8,10H2,1-2H3. The lowest BCUT2D eigenvalue weighted by atomic mass is 9.89. The predicted octanol–water partition coefficient (Wildman–Crippen LogP) is 4.05. The number of fused-ring (bicyclic) bond motifs is 5. The molecule has 4 aromatic rings. The van der Waals surface area contributed by atoms with Crippen molar-refractivity contribution in [3.8, 4) is 11.5 Å². The Labute approximate surface area is 160 Å². The molecule has 3 heterocycles. The summed E-state index contributed by atoms with van der Waals surface area (Å²) in [5, 5.41) is 5.73. The van der Waals surface area contributed by atoms with E-state index in [1.54, 1.807) is 29.3 Å². The molecule has 0 saturated carbocycles. The van der Waals surface area contributed by atoms with Crippen LogP contribution >= 0.6 is 11.3 Å². The van der Waals surface area contributed by atoms with Gasteiger partial charge in [-0.3, -0.25) is 0 Å². The molecule has 138 valence electrons. The van der Waals surface area contributed by atoms with E-state index in [1.165, 1.54) is 22.2 Å². The van der Waals surface area contributed by atoms with Crippen molar-refractivity contribution in [3.05, 3.63) is 46.9 Å². The molecule has 5 rings (SSSR count). The van der Waals surface area contributed by atoms with Crippen LogP contribution in [0.4, 0.5) is 0 Å². The van der Waals surface area contributed by atoms with Gasteiger partial charge in [-0.25, -0.2) is 14.5 Å². The molecule has 0 N–H and O–H groups in total. The quantitative estimate of drug-likeness (QED) is 0.534. The maximum Gasteiger partial charge on any atom is 0.189 e. The van der Waals surface area contributed by atoms with Crippen LogP contribution in [0.25, 0.3) is 15.9 Å². The van der Waals surface area contributed by atoms with Crippen LogP contribution in [0.3, 0.4) is 0 Å². The zero-order chi connectivity index (χ0) is 18.4. The Hall–Kier alpha value is -2.67. The number of hydrogen-bond acceptors (Lipinski definition) is 6. The Morgan fingerprint density at radius 1 is 1.30 bits per heavy atom. The molecule has 0 saturated heterocycles. The molecule has 7 heteroatoms. The number of hydrogen-bond donors (Lipinski definition) is 0.